The monoisotopic (exact) mass is 275 g/mol. The third kappa shape index (κ3) is 3.45. The minimum Gasteiger partial charge on any atom is -0.306 e. The van der Waals surface area contributed by atoms with Gasteiger partial charge in [-0.1, -0.05) is 19.4 Å². The molecule has 0 unspecified atom stereocenters. The average molecular weight is 275 g/mol. The van der Waals surface area contributed by atoms with Crippen LogP contribution >= 0.6 is 7.74 Å². The van der Waals surface area contributed by atoms with Crippen molar-refractivity contribution in [2.45, 2.75) is 40.0 Å². The normalized spacial score (nSPS) is 20.1. The van der Waals surface area contributed by atoms with Gasteiger partial charge in [0.15, 0.2) is 0 Å². The summed E-state index contributed by atoms with van der Waals surface area (Å²) < 4.78 is 20.5. The van der Waals surface area contributed by atoms with E-state index in [2.05, 4.69) is 25.5 Å². The van der Waals surface area contributed by atoms with Crippen LogP contribution in [-0.2, 0) is 13.6 Å². The molecular weight excluding hydrogens is 249 g/mol. The molecule has 5 heteroatoms. The van der Waals surface area contributed by atoms with Crippen molar-refractivity contribution in [3.63, 3.8) is 0 Å². The van der Waals surface area contributed by atoms with Gasteiger partial charge in [0.05, 0.1) is 6.54 Å². The second-order valence-electron chi connectivity index (χ2n) is 5.31. The Morgan fingerprint density at radius 2 is 1.72 bits per heavy atom. The zero-order valence-corrected chi connectivity index (χ0v) is 13.3. The van der Waals surface area contributed by atoms with Crippen LogP contribution < -0.4 is 0 Å². The molecule has 1 aliphatic rings. The van der Waals surface area contributed by atoms with E-state index >= 15 is 0 Å². The van der Waals surface area contributed by atoms with Gasteiger partial charge in [-0.25, -0.2) is 4.74 Å². The maximum absolute atomic E-state index is 5.31. The fourth-order valence-corrected chi connectivity index (χ4v) is 3.69. The van der Waals surface area contributed by atoms with Gasteiger partial charge >= 0.3 is 7.74 Å². The van der Waals surface area contributed by atoms with Crippen LogP contribution in [0.2, 0.25) is 0 Å². The molecule has 1 rings (SSSR count). The first-order valence-corrected chi connectivity index (χ1v) is 7.84. The van der Waals surface area contributed by atoms with Crippen LogP contribution in [-0.4, -0.2) is 27.9 Å². The molecule has 0 saturated heterocycles. The van der Waals surface area contributed by atoms with Gasteiger partial charge in [0.25, 0.3) is 0 Å². The summed E-state index contributed by atoms with van der Waals surface area (Å²) in [5.74, 6) is 0. The molecule has 0 fully saturated rings. The van der Waals surface area contributed by atoms with E-state index in [4.69, 9.17) is 13.6 Å². The number of rotatable bonds is 5. The lowest BCUT2D eigenvalue weighted by molar-refractivity contribution is 0.222. The number of allylic oxidation sites excluding steroid dienone is 1. The third-order valence-electron chi connectivity index (χ3n) is 3.78. The molecule has 0 aromatic heterocycles. The molecule has 0 saturated carbocycles. The Hall–Kier alpha value is -0.150. The van der Waals surface area contributed by atoms with Gasteiger partial charge in [-0.2, -0.15) is 0 Å². The summed E-state index contributed by atoms with van der Waals surface area (Å²) >= 11 is 0. The maximum atomic E-state index is 5.31. The Bertz CT molecular complexity index is 355. The van der Waals surface area contributed by atoms with Gasteiger partial charge in [-0.3, -0.25) is 0 Å². The van der Waals surface area contributed by atoms with E-state index in [1.165, 1.54) is 30.4 Å². The van der Waals surface area contributed by atoms with E-state index < -0.39 is 7.74 Å². The third-order valence-corrected chi connectivity index (χ3v) is 5.65. The summed E-state index contributed by atoms with van der Waals surface area (Å²) in [6, 6.07) is 0. The number of nitrogens with zero attached hydrogens (tertiary/aromatic N) is 1. The van der Waals surface area contributed by atoms with E-state index in [0.717, 1.165) is 0 Å². The minimum absolute atomic E-state index is 0.219. The second-order valence-corrected chi connectivity index (χ2v) is 7.63. The Labute approximate surface area is 111 Å². The molecule has 0 aliphatic heterocycles. The summed E-state index contributed by atoms with van der Waals surface area (Å²) in [4.78, 5) is 0. The first kappa shape index (κ1) is 15.9. The Kier molecular flexibility index (Phi) is 5.60. The van der Waals surface area contributed by atoms with Crippen LogP contribution in [0.4, 0.5) is 0 Å². The highest BCUT2D eigenvalue weighted by molar-refractivity contribution is 7.51. The summed E-state index contributed by atoms with van der Waals surface area (Å²) in [6.45, 7) is 7.42. The van der Waals surface area contributed by atoms with Crippen molar-refractivity contribution in [1.82, 2.24) is 0 Å². The predicted octanol–water partition coefficient (Wildman–Crippen LogP) is 4.40. The van der Waals surface area contributed by atoms with Crippen molar-refractivity contribution in [3.05, 3.63) is 11.1 Å². The average Bonchev–Trinajstić information content (AvgIpc) is 2.33. The molecule has 1 aliphatic carbocycles. The van der Waals surface area contributed by atoms with Crippen LogP contribution in [0.15, 0.2) is 15.9 Å². The quantitative estimate of drug-likeness (QED) is 0.551. The van der Waals surface area contributed by atoms with Gasteiger partial charge in [-0.15, -0.1) is 0 Å². The van der Waals surface area contributed by atoms with Crippen LogP contribution in [0.5, 0.6) is 0 Å². The van der Waals surface area contributed by atoms with Crippen molar-refractivity contribution < 1.29 is 13.6 Å². The fourth-order valence-electron chi connectivity index (χ4n) is 2.58. The predicted molar refractivity (Wildman–Crippen MR) is 75.6 cm³/mol. The molecular formula is C13H26NO3P. The van der Waals surface area contributed by atoms with Crippen molar-refractivity contribution in [2.24, 2.45) is 10.2 Å². The van der Waals surface area contributed by atoms with Crippen LogP contribution in [0, 0.1) is 5.41 Å². The highest BCUT2D eigenvalue weighted by Gasteiger charge is 2.29. The second kappa shape index (κ2) is 6.33. The standard InChI is InChI=1S/C13H26NO3P/c1-11-8-7-9-13(2,3)12(11)10-14-18(15-4,16-5)17-6/h7-10H2,1-6H3. The van der Waals surface area contributed by atoms with E-state index in [9.17, 15) is 0 Å². The Balaban J connectivity index is 2.99. The fraction of sp³-hybridized carbons (Fsp3) is 0.846. The van der Waals surface area contributed by atoms with Crippen LogP contribution in [0.25, 0.3) is 0 Å². The Morgan fingerprint density at radius 1 is 1.17 bits per heavy atom. The zero-order valence-electron chi connectivity index (χ0n) is 12.4. The highest BCUT2D eigenvalue weighted by atomic mass is 31.2. The summed E-state index contributed by atoms with van der Waals surface area (Å²) in [6.07, 6.45) is 3.65. The van der Waals surface area contributed by atoms with Crippen molar-refractivity contribution in [1.29, 1.82) is 0 Å². The molecule has 0 aromatic rings. The lowest BCUT2D eigenvalue weighted by atomic mass is 9.73. The number of hydrogen-bond donors (Lipinski definition) is 0. The topological polar surface area (TPSA) is 40.0 Å². The van der Waals surface area contributed by atoms with E-state index in [0.29, 0.717) is 6.54 Å². The summed E-state index contributed by atoms with van der Waals surface area (Å²) in [7, 11) is 2.25. The van der Waals surface area contributed by atoms with Crippen LogP contribution in [0.1, 0.15) is 40.0 Å². The number of hydrogen-bond acceptors (Lipinski definition) is 4. The van der Waals surface area contributed by atoms with E-state index in [1.807, 2.05) is 0 Å². The largest absolute Gasteiger partial charge is 0.354 e. The highest BCUT2D eigenvalue weighted by Crippen LogP contribution is 2.52. The molecule has 0 aromatic carbocycles. The minimum atomic E-state index is -2.50. The van der Waals surface area contributed by atoms with Crippen molar-refractivity contribution in [3.8, 4) is 0 Å². The van der Waals surface area contributed by atoms with Crippen molar-refractivity contribution >= 4 is 7.74 Å². The molecule has 18 heavy (non-hydrogen) atoms. The van der Waals surface area contributed by atoms with Gasteiger partial charge in [0.2, 0.25) is 0 Å². The lowest BCUT2D eigenvalue weighted by Gasteiger charge is -2.34. The smallest absolute Gasteiger partial charge is 0.306 e. The molecule has 0 heterocycles. The summed E-state index contributed by atoms with van der Waals surface area (Å²) in [5.41, 5.74) is 3.08. The Morgan fingerprint density at radius 3 is 2.17 bits per heavy atom. The maximum Gasteiger partial charge on any atom is 0.354 e. The SMILES string of the molecule is COP(=NCC1=C(C)CCCC1(C)C)(OC)OC. The first-order valence-electron chi connectivity index (χ1n) is 6.35. The summed E-state index contributed by atoms with van der Waals surface area (Å²) in [5, 5.41) is 0. The van der Waals surface area contributed by atoms with Gasteiger partial charge in [0, 0.05) is 21.3 Å². The van der Waals surface area contributed by atoms with E-state index in [-0.39, 0.29) is 5.41 Å². The molecule has 0 radical (unpaired) electrons. The molecule has 0 N–H and O–H groups in total. The molecule has 4 nitrogen and oxygen atoms in total. The van der Waals surface area contributed by atoms with Gasteiger partial charge in [-0.05, 0) is 37.2 Å². The molecule has 0 amide bonds. The zero-order chi connectivity index (χ0) is 13.8. The molecule has 0 spiro atoms. The molecule has 0 atom stereocenters. The molecule has 106 valence electrons. The van der Waals surface area contributed by atoms with Crippen LogP contribution in [0.3, 0.4) is 0 Å². The van der Waals surface area contributed by atoms with Gasteiger partial charge < -0.3 is 13.6 Å². The first-order chi connectivity index (χ1) is 8.40. The molecule has 0 bridgehead atoms. The van der Waals surface area contributed by atoms with Crippen molar-refractivity contribution in [2.75, 3.05) is 27.9 Å². The lowest BCUT2D eigenvalue weighted by Crippen LogP contribution is -2.22. The van der Waals surface area contributed by atoms with Gasteiger partial charge in [0.1, 0.15) is 0 Å². The van der Waals surface area contributed by atoms with E-state index in [1.54, 1.807) is 21.3 Å².